The highest BCUT2D eigenvalue weighted by atomic mass is 19.3. The number of ether oxygens (including phenoxy) is 1. The lowest BCUT2D eigenvalue weighted by Gasteiger charge is -2.16. The molecule has 0 unspecified atom stereocenters. The summed E-state index contributed by atoms with van der Waals surface area (Å²) < 4.78 is 32.3. The van der Waals surface area contributed by atoms with Gasteiger partial charge in [-0.2, -0.15) is 0 Å². The fraction of sp³-hybridized carbons (Fsp3) is 0.350. The molecule has 2 aromatic heterocycles. The molecule has 0 atom stereocenters. The minimum absolute atomic E-state index is 0.198. The van der Waals surface area contributed by atoms with Crippen molar-refractivity contribution in [3.05, 3.63) is 54.0 Å². The van der Waals surface area contributed by atoms with Crippen LogP contribution in [-0.4, -0.2) is 21.1 Å². The van der Waals surface area contributed by atoms with Crippen LogP contribution in [0.4, 0.5) is 14.6 Å². The molecule has 1 aliphatic carbocycles. The summed E-state index contributed by atoms with van der Waals surface area (Å²) in [6, 6.07) is 10.9. The van der Waals surface area contributed by atoms with Crippen molar-refractivity contribution in [1.29, 1.82) is 0 Å². The number of benzene rings is 1. The third-order valence-corrected chi connectivity index (χ3v) is 4.69. The summed E-state index contributed by atoms with van der Waals surface area (Å²) in [5.41, 5.74) is 1.35. The van der Waals surface area contributed by atoms with Crippen LogP contribution in [0.1, 0.15) is 43.5 Å². The van der Waals surface area contributed by atoms with Crippen molar-refractivity contribution >= 4 is 16.7 Å². The maximum Gasteiger partial charge on any atom is 0.297 e. The third-order valence-electron chi connectivity index (χ3n) is 4.69. The van der Waals surface area contributed by atoms with Crippen molar-refractivity contribution in [3.8, 4) is 5.88 Å². The zero-order valence-corrected chi connectivity index (χ0v) is 14.7. The Morgan fingerprint density at radius 3 is 2.70 bits per heavy atom. The average molecular weight is 370 g/mol. The Morgan fingerprint density at radius 2 is 1.89 bits per heavy atom. The summed E-state index contributed by atoms with van der Waals surface area (Å²) in [6.45, 7) is 0.375. The maximum absolute atomic E-state index is 13.1. The molecule has 1 saturated carbocycles. The minimum atomic E-state index is -2.73. The number of nitrogens with one attached hydrogen (secondary N) is 1. The van der Waals surface area contributed by atoms with E-state index in [-0.39, 0.29) is 6.10 Å². The number of fused-ring (bicyclic) bond motifs is 1. The van der Waals surface area contributed by atoms with Crippen LogP contribution in [-0.2, 0) is 6.54 Å². The van der Waals surface area contributed by atoms with Crippen LogP contribution in [0.25, 0.3) is 10.9 Å². The number of pyridine rings is 1. The molecule has 0 amide bonds. The van der Waals surface area contributed by atoms with Gasteiger partial charge in [0.1, 0.15) is 11.9 Å². The number of rotatable bonds is 6. The Balaban J connectivity index is 1.58. The van der Waals surface area contributed by atoms with Gasteiger partial charge in [0.05, 0.1) is 5.52 Å². The van der Waals surface area contributed by atoms with Gasteiger partial charge in [-0.1, -0.05) is 18.2 Å². The molecule has 1 aliphatic rings. The number of nitrogens with zero attached hydrogens (tertiary/aromatic N) is 3. The third kappa shape index (κ3) is 3.97. The molecule has 0 bridgehead atoms. The Labute approximate surface area is 155 Å². The number of halogens is 2. The van der Waals surface area contributed by atoms with Crippen molar-refractivity contribution in [1.82, 2.24) is 15.0 Å². The Bertz CT molecular complexity index is 929. The molecule has 2 heterocycles. The molecule has 1 fully saturated rings. The van der Waals surface area contributed by atoms with E-state index in [1.807, 2.05) is 24.3 Å². The summed E-state index contributed by atoms with van der Waals surface area (Å²) >= 11 is 0. The van der Waals surface area contributed by atoms with Gasteiger partial charge in [-0.05, 0) is 43.9 Å². The second-order valence-electron chi connectivity index (χ2n) is 6.59. The van der Waals surface area contributed by atoms with E-state index in [0.29, 0.717) is 29.1 Å². The summed E-state index contributed by atoms with van der Waals surface area (Å²) in [5, 5.41) is 3.86. The first-order valence-electron chi connectivity index (χ1n) is 9.10. The van der Waals surface area contributed by atoms with Gasteiger partial charge in [-0.3, -0.25) is 0 Å². The number of aromatic nitrogens is 3. The van der Waals surface area contributed by atoms with Crippen molar-refractivity contribution in [3.63, 3.8) is 0 Å². The molecule has 4 rings (SSSR count). The van der Waals surface area contributed by atoms with E-state index < -0.39 is 12.2 Å². The first kappa shape index (κ1) is 17.6. The second kappa shape index (κ2) is 7.82. The monoisotopic (exact) mass is 370 g/mol. The van der Waals surface area contributed by atoms with Gasteiger partial charge in [0, 0.05) is 23.7 Å². The van der Waals surface area contributed by atoms with Gasteiger partial charge in [0.15, 0.2) is 5.82 Å². The van der Waals surface area contributed by atoms with Gasteiger partial charge in [-0.25, -0.2) is 23.7 Å². The lowest BCUT2D eigenvalue weighted by molar-refractivity contribution is 0.141. The standard InChI is InChI=1S/C20H20F2N4O/c21-17(22)19-25-16-10-4-3-9-15(16)18(26-19)24-12-13-6-5-11-23-20(13)27-14-7-1-2-8-14/h3-6,9-11,14,17H,1-2,7-8,12H2,(H,24,25,26). The van der Waals surface area contributed by atoms with Crippen LogP contribution in [0.2, 0.25) is 0 Å². The average Bonchev–Trinajstić information content (AvgIpc) is 3.20. The topological polar surface area (TPSA) is 59.9 Å². The Kier molecular flexibility index (Phi) is 5.09. The van der Waals surface area contributed by atoms with E-state index in [9.17, 15) is 8.78 Å². The highest BCUT2D eigenvalue weighted by molar-refractivity contribution is 5.89. The molecule has 0 aliphatic heterocycles. The first-order valence-corrected chi connectivity index (χ1v) is 9.10. The summed E-state index contributed by atoms with van der Waals surface area (Å²) in [5.74, 6) is 0.487. The Hall–Kier alpha value is -2.83. The van der Waals surface area contributed by atoms with E-state index >= 15 is 0 Å². The number of hydrogen-bond acceptors (Lipinski definition) is 5. The molecule has 7 heteroatoms. The van der Waals surface area contributed by atoms with Gasteiger partial charge >= 0.3 is 0 Å². The lowest BCUT2D eigenvalue weighted by atomic mass is 10.2. The van der Waals surface area contributed by atoms with Crippen molar-refractivity contribution in [2.45, 2.75) is 44.8 Å². The molecule has 3 aromatic rings. The van der Waals surface area contributed by atoms with Gasteiger partial charge in [0.2, 0.25) is 5.88 Å². The predicted molar refractivity (Wildman–Crippen MR) is 98.9 cm³/mol. The van der Waals surface area contributed by atoms with Crippen LogP contribution in [0.5, 0.6) is 5.88 Å². The summed E-state index contributed by atoms with van der Waals surface area (Å²) in [7, 11) is 0. The number of alkyl halides is 2. The van der Waals surface area contributed by atoms with Crippen LogP contribution in [0.3, 0.4) is 0 Å². The van der Waals surface area contributed by atoms with Gasteiger partial charge < -0.3 is 10.1 Å². The van der Waals surface area contributed by atoms with Crippen LogP contribution >= 0.6 is 0 Å². The highest BCUT2D eigenvalue weighted by Crippen LogP contribution is 2.27. The minimum Gasteiger partial charge on any atom is -0.474 e. The second-order valence-corrected chi connectivity index (χ2v) is 6.59. The van der Waals surface area contributed by atoms with Gasteiger partial charge in [-0.15, -0.1) is 0 Å². The van der Waals surface area contributed by atoms with E-state index in [0.717, 1.165) is 18.4 Å². The van der Waals surface area contributed by atoms with Crippen molar-refractivity contribution < 1.29 is 13.5 Å². The van der Waals surface area contributed by atoms with E-state index in [4.69, 9.17) is 4.74 Å². The molecule has 0 saturated heterocycles. The fourth-order valence-electron chi connectivity index (χ4n) is 3.33. The van der Waals surface area contributed by atoms with Crippen molar-refractivity contribution in [2.75, 3.05) is 5.32 Å². The predicted octanol–water partition coefficient (Wildman–Crippen LogP) is 4.90. The molecule has 1 aromatic carbocycles. The van der Waals surface area contributed by atoms with E-state index in [1.54, 1.807) is 18.3 Å². The molecule has 0 radical (unpaired) electrons. The molecule has 27 heavy (non-hydrogen) atoms. The molecule has 0 spiro atoms. The smallest absolute Gasteiger partial charge is 0.297 e. The Morgan fingerprint density at radius 1 is 1.07 bits per heavy atom. The number of anilines is 1. The maximum atomic E-state index is 13.1. The molecule has 5 nitrogen and oxygen atoms in total. The number of para-hydroxylation sites is 1. The largest absolute Gasteiger partial charge is 0.474 e. The quantitative estimate of drug-likeness (QED) is 0.669. The highest BCUT2D eigenvalue weighted by Gasteiger charge is 2.19. The zero-order valence-electron chi connectivity index (χ0n) is 14.7. The summed E-state index contributed by atoms with van der Waals surface area (Å²) in [6.07, 6.45) is 3.60. The van der Waals surface area contributed by atoms with E-state index in [2.05, 4.69) is 20.3 Å². The van der Waals surface area contributed by atoms with E-state index in [1.165, 1.54) is 12.8 Å². The van der Waals surface area contributed by atoms with Crippen LogP contribution < -0.4 is 10.1 Å². The molecule has 1 N–H and O–H groups in total. The van der Waals surface area contributed by atoms with Gasteiger partial charge in [0.25, 0.3) is 6.43 Å². The first-order chi connectivity index (χ1) is 13.2. The fourth-order valence-corrected chi connectivity index (χ4v) is 3.33. The summed E-state index contributed by atoms with van der Waals surface area (Å²) in [4.78, 5) is 12.3. The van der Waals surface area contributed by atoms with Crippen LogP contribution in [0, 0.1) is 0 Å². The normalized spacial score (nSPS) is 14.8. The molecular formula is C20H20F2N4O. The zero-order chi connectivity index (χ0) is 18.6. The molecule has 140 valence electrons. The number of hydrogen-bond donors (Lipinski definition) is 1. The van der Waals surface area contributed by atoms with Crippen LogP contribution in [0.15, 0.2) is 42.6 Å². The SMILES string of the molecule is FC(F)c1nc(NCc2cccnc2OC2CCCC2)c2ccccc2n1. The lowest BCUT2D eigenvalue weighted by Crippen LogP contribution is -2.14. The molecular weight excluding hydrogens is 350 g/mol. The van der Waals surface area contributed by atoms with Crippen molar-refractivity contribution in [2.24, 2.45) is 0 Å².